The lowest BCUT2D eigenvalue weighted by Crippen LogP contribution is -2.52. The Morgan fingerprint density at radius 3 is 2.56 bits per heavy atom. The van der Waals surface area contributed by atoms with E-state index in [1.807, 2.05) is 4.90 Å². The lowest BCUT2D eigenvalue weighted by atomic mass is 10.1. The predicted octanol–water partition coefficient (Wildman–Crippen LogP) is 2.25. The van der Waals surface area contributed by atoms with Crippen LogP contribution in [0, 0.1) is 5.92 Å². The molecule has 0 bridgehead atoms. The van der Waals surface area contributed by atoms with Crippen molar-refractivity contribution in [3.05, 3.63) is 35.9 Å². The van der Waals surface area contributed by atoms with E-state index in [0.717, 1.165) is 45.8 Å². The highest BCUT2D eigenvalue weighted by Crippen LogP contribution is 2.15. The van der Waals surface area contributed by atoms with E-state index in [-0.39, 0.29) is 6.03 Å². The molecule has 0 radical (unpaired) electrons. The molecule has 5 heteroatoms. The van der Waals surface area contributed by atoms with Crippen LogP contribution in [0.1, 0.15) is 25.3 Å². The minimum atomic E-state index is 0.119. The highest BCUT2D eigenvalue weighted by molar-refractivity contribution is 5.74. The normalized spacial score (nSPS) is 22.3. The Labute approximate surface area is 152 Å². The second-order valence-corrected chi connectivity index (χ2v) is 7.39. The van der Waals surface area contributed by atoms with E-state index in [1.54, 1.807) is 0 Å². The van der Waals surface area contributed by atoms with E-state index >= 15 is 0 Å². The molecule has 2 heterocycles. The number of urea groups is 1. The summed E-state index contributed by atoms with van der Waals surface area (Å²) in [6, 6.07) is 10.7. The van der Waals surface area contributed by atoms with Gasteiger partial charge >= 0.3 is 6.03 Å². The van der Waals surface area contributed by atoms with Crippen LogP contribution in [0.3, 0.4) is 0 Å². The number of hydrogen-bond donors (Lipinski definition) is 1. The molecule has 3 rings (SSSR count). The maximum Gasteiger partial charge on any atom is 0.317 e. The van der Waals surface area contributed by atoms with Crippen molar-refractivity contribution < 1.29 is 4.79 Å². The van der Waals surface area contributed by atoms with Crippen LogP contribution >= 0.6 is 0 Å². The SMILES string of the molecule is CCCN1CCC(CNC(=O)N2CCN(Cc3ccccc3)CC2)C1. The molecule has 1 atom stereocenters. The first-order chi connectivity index (χ1) is 12.2. The summed E-state index contributed by atoms with van der Waals surface area (Å²) in [7, 11) is 0. The largest absolute Gasteiger partial charge is 0.338 e. The summed E-state index contributed by atoms with van der Waals surface area (Å²) in [5.74, 6) is 0.620. The number of nitrogens with zero attached hydrogens (tertiary/aromatic N) is 3. The zero-order valence-corrected chi connectivity index (χ0v) is 15.5. The standard InChI is InChI=1S/C20H32N4O/c1-2-9-22-10-8-19(17-22)15-21-20(25)24-13-11-23(12-14-24)16-18-6-4-3-5-7-18/h3-7,19H,2,8-17H2,1H3,(H,21,25). The summed E-state index contributed by atoms with van der Waals surface area (Å²) in [5, 5.41) is 3.16. The second kappa shape index (κ2) is 9.20. The zero-order chi connectivity index (χ0) is 17.5. The van der Waals surface area contributed by atoms with Crippen LogP contribution in [-0.2, 0) is 6.54 Å². The Bertz CT molecular complexity index is 528. The number of rotatable bonds is 6. The summed E-state index contributed by atoms with van der Waals surface area (Å²) in [6.45, 7) is 11.1. The predicted molar refractivity (Wildman–Crippen MR) is 102 cm³/mol. The van der Waals surface area contributed by atoms with Crippen molar-refractivity contribution in [2.75, 3.05) is 52.4 Å². The van der Waals surface area contributed by atoms with Crippen LogP contribution in [0.5, 0.6) is 0 Å². The molecule has 0 spiro atoms. The summed E-state index contributed by atoms with van der Waals surface area (Å²) in [5.41, 5.74) is 1.35. The number of likely N-dealkylation sites (tertiary alicyclic amines) is 1. The molecule has 2 aliphatic rings. The van der Waals surface area contributed by atoms with E-state index in [2.05, 4.69) is 52.4 Å². The van der Waals surface area contributed by atoms with Crippen LogP contribution in [0.15, 0.2) is 30.3 Å². The van der Waals surface area contributed by atoms with Crippen molar-refractivity contribution in [3.8, 4) is 0 Å². The molecule has 0 aromatic heterocycles. The first kappa shape index (κ1) is 18.2. The van der Waals surface area contributed by atoms with Gasteiger partial charge in [0.1, 0.15) is 0 Å². The molecule has 1 unspecified atom stereocenters. The van der Waals surface area contributed by atoms with Crippen LogP contribution in [0.25, 0.3) is 0 Å². The van der Waals surface area contributed by atoms with Gasteiger partial charge in [0.2, 0.25) is 0 Å². The van der Waals surface area contributed by atoms with Gasteiger partial charge in [-0.05, 0) is 37.4 Å². The molecule has 1 N–H and O–H groups in total. The molecular weight excluding hydrogens is 312 g/mol. The number of benzene rings is 1. The van der Waals surface area contributed by atoms with E-state index in [4.69, 9.17) is 0 Å². The third kappa shape index (κ3) is 5.44. The third-order valence-corrected chi connectivity index (χ3v) is 5.36. The smallest absolute Gasteiger partial charge is 0.317 e. The summed E-state index contributed by atoms with van der Waals surface area (Å²) in [6.07, 6.45) is 2.43. The average molecular weight is 345 g/mol. The van der Waals surface area contributed by atoms with Crippen molar-refractivity contribution >= 4 is 6.03 Å². The first-order valence-electron chi connectivity index (χ1n) is 9.76. The fourth-order valence-corrected chi connectivity index (χ4v) is 3.89. The zero-order valence-electron chi connectivity index (χ0n) is 15.5. The Balaban J connectivity index is 1.34. The molecule has 2 amide bonds. The van der Waals surface area contributed by atoms with Crippen LogP contribution < -0.4 is 5.32 Å². The lowest BCUT2D eigenvalue weighted by molar-refractivity contribution is 0.134. The molecular formula is C20H32N4O. The van der Waals surface area contributed by atoms with E-state index in [1.165, 1.54) is 31.5 Å². The fraction of sp³-hybridized carbons (Fsp3) is 0.650. The van der Waals surface area contributed by atoms with Gasteiger partial charge < -0.3 is 15.1 Å². The molecule has 2 fully saturated rings. The van der Waals surface area contributed by atoms with Crippen LogP contribution in [0.2, 0.25) is 0 Å². The Morgan fingerprint density at radius 1 is 1.08 bits per heavy atom. The molecule has 2 aliphatic heterocycles. The molecule has 1 aromatic carbocycles. The van der Waals surface area contributed by atoms with Crippen molar-refractivity contribution in [3.63, 3.8) is 0 Å². The Kier molecular flexibility index (Phi) is 6.70. The molecule has 25 heavy (non-hydrogen) atoms. The van der Waals surface area contributed by atoms with E-state index in [9.17, 15) is 4.79 Å². The number of nitrogens with one attached hydrogen (secondary N) is 1. The van der Waals surface area contributed by atoms with Gasteiger partial charge in [-0.1, -0.05) is 37.3 Å². The monoisotopic (exact) mass is 344 g/mol. The number of hydrogen-bond acceptors (Lipinski definition) is 3. The van der Waals surface area contributed by atoms with Gasteiger partial charge in [-0.2, -0.15) is 0 Å². The summed E-state index contributed by atoms with van der Waals surface area (Å²) in [4.78, 5) is 19.3. The number of carbonyl (C=O) groups is 1. The number of amides is 2. The maximum absolute atomic E-state index is 12.4. The summed E-state index contributed by atoms with van der Waals surface area (Å²) >= 11 is 0. The summed E-state index contributed by atoms with van der Waals surface area (Å²) < 4.78 is 0. The molecule has 0 saturated carbocycles. The number of piperazine rings is 1. The van der Waals surface area contributed by atoms with Crippen LogP contribution in [0.4, 0.5) is 4.79 Å². The molecule has 0 aliphatic carbocycles. The first-order valence-corrected chi connectivity index (χ1v) is 9.76. The van der Waals surface area contributed by atoms with Crippen molar-refractivity contribution in [1.29, 1.82) is 0 Å². The minimum Gasteiger partial charge on any atom is -0.338 e. The highest BCUT2D eigenvalue weighted by atomic mass is 16.2. The van der Waals surface area contributed by atoms with Crippen molar-refractivity contribution in [2.45, 2.75) is 26.3 Å². The van der Waals surface area contributed by atoms with E-state index < -0.39 is 0 Å². The third-order valence-electron chi connectivity index (χ3n) is 5.36. The Morgan fingerprint density at radius 2 is 1.84 bits per heavy atom. The highest BCUT2D eigenvalue weighted by Gasteiger charge is 2.24. The van der Waals surface area contributed by atoms with Gasteiger partial charge in [0.25, 0.3) is 0 Å². The van der Waals surface area contributed by atoms with Crippen LogP contribution in [-0.4, -0.2) is 73.1 Å². The molecule has 138 valence electrons. The topological polar surface area (TPSA) is 38.8 Å². The molecule has 2 saturated heterocycles. The van der Waals surface area contributed by atoms with Crippen molar-refractivity contribution in [1.82, 2.24) is 20.0 Å². The van der Waals surface area contributed by atoms with Gasteiger partial charge in [0.05, 0.1) is 0 Å². The van der Waals surface area contributed by atoms with E-state index in [0.29, 0.717) is 5.92 Å². The molecule has 1 aromatic rings. The number of carbonyl (C=O) groups excluding carboxylic acids is 1. The van der Waals surface area contributed by atoms with Gasteiger partial charge in [-0.15, -0.1) is 0 Å². The van der Waals surface area contributed by atoms with Gasteiger partial charge in [-0.25, -0.2) is 4.79 Å². The second-order valence-electron chi connectivity index (χ2n) is 7.39. The lowest BCUT2D eigenvalue weighted by Gasteiger charge is -2.35. The quantitative estimate of drug-likeness (QED) is 0.860. The van der Waals surface area contributed by atoms with Gasteiger partial charge in [-0.3, -0.25) is 4.90 Å². The maximum atomic E-state index is 12.4. The average Bonchev–Trinajstić information content (AvgIpc) is 3.09. The van der Waals surface area contributed by atoms with Gasteiger partial charge in [0.15, 0.2) is 0 Å². The van der Waals surface area contributed by atoms with Crippen molar-refractivity contribution in [2.24, 2.45) is 5.92 Å². The Hall–Kier alpha value is -1.59. The van der Waals surface area contributed by atoms with Gasteiger partial charge in [0, 0.05) is 45.8 Å². The minimum absolute atomic E-state index is 0.119. The fourth-order valence-electron chi connectivity index (χ4n) is 3.89. The molecule has 5 nitrogen and oxygen atoms in total.